The van der Waals surface area contributed by atoms with E-state index in [-0.39, 0.29) is 5.56 Å². The van der Waals surface area contributed by atoms with Crippen LogP contribution < -0.4 is 5.56 Å². The van der Waals surface area contributed by atoms with Gasteiger partial charge in [-0.25, -0.2) is 4.98 Å². The van der Waals surface area contributed by atoms with E-state index in [1.54, 1.807) is 4.68 Å². The fourth-order valence-electron chi connectivity index (χ4n) is 1.66. The molecule has 0 atom stereocenters. The molecule has 84 valence electrons. The molecule has 0 saturated carbocycles. The number of H-pyrrole nitrogens is 1. The van der Waals surface area contributed by atoms with Crippen LogP contribution in [0.3, 0.4) is 0 Å². The summed E-state index contributed by atoms with van der Waals surface area (Å²) in [5.41, 5.74) is 2.32. The van der Waals surface area contributed by atoms with Crippen molar-refractivity contribution in [2.24, 2.45) is 7.05 Å². The second-order valence-corrected chi connectivity index (χ2v) is 3.73. The number of aromatic nitrogens is 4. The molecule has 0 bridgehead atoms. The van der Waals surface area contributed by atoms with Crippen molar-refractivity contribution in [3.05, 3.63) is 34.0 Å². The van der Waals surface area contributed by atoms with Crippen molar-refractivity contribution >= 4 is 0 Å². The Morgan fingerprint density at radius 1 is 1.44 bits per heavy atom. The number of nitrogens with one attached hydrogen (secondary N) is 1. The van der Waals surface area contributed by atoms with Gasteiger partial charge < -0.3 is 4.98 Å². The van der Waals surface area contributed by atoms with Crippen LogP contribution in [0, 0.1) is 6.92 Å². The standard InChI is InChI=1S/C11H14N4O/c1-4-10-12-8(6-11(16)13-10)9-5-7(2)14-15(9)3/h5-6H,4H2,1-3H3,(H,12,13,16). The highest BCUT2D eigenvalue weighted by Gasteiger charge is 2.08. The molecule has 0 spiro atoms. The Bertz CT molecular complexity index is 568. The van der Waals surface area contributed by atoms with Crippen LogP contribution in [0.5, 0.6) is 0 Å². The molecule has 0 amide bonds. The lowest BCUT2D eigenvalue weighted by molar-refractivity contribution is 0.759. The van der Waals surface area contributed by atoms with Gasteiger partial charge in [-0.3, -0.25) is 9.48 Å². The van der Waals surface area contributed by atoms with Crippen LogP contribution in [0.2, 0.25) is 0 Å². The maximum absolute atomic E-state index is 11.4. The lowest BCUT2D eigenvalue weighted by Gasteiger charge is -2.02. The van der Waals surface area contributed by atoms with Gasteiger partial charge in [0.05, 0.1) is 17.1 Å². The quantitative estimate of drug-likeness (QED) is 0.819. The van der Waals surface area contributed by atoms with Crippen LogP contribution in [-0.4, -0.2) is 19.7 Å². The molecule has 0 saturated heterocycles. The zero-order valence-electron chi connectivity index (χ0n) is 9.61. The summed E-state index contributed by atoms with van der Waals surface area (Å²) in [6, 6.07) is 3.41. The Morgan fingerprint density at radius 3 is 2.75 bits per heavy atom. The molecule has 2 heterocycles. The number of nitrogens with zero attached hydrogens (tertiary/aromatic N) is 3. The first kappa shape index (κ1) is 10.6. The van der Waals surface area contributed by atoms with Crippen molar-refractivity contribution in [3.63, 3.8) is 0 Å². The highest BCUT2D eigenvalue weighted by atomic mass is 16.1. The topological polar surface area (TPSA) is 63.6 Å². The van der Waals surface area contributed by atoms with E-state index in [2.05, 4.69) is 15.1 Å². The van der Waals surface area contributed by atoms with E-state index in [9.17, 15) is 4.79 Å². The molecular weight excluding hydrogens is 204 g/mol. The van der Waals surface area contributed by atoms with Crippen molar-refractivity contribution in [1.82, 2.24) is 19.7 Å². The van der Waals surface area contributed by atoms with Crippen LogP contribution in [0.25, 0.3) is 11.4 Å². The second-order valence-electron chi connectivity index (χ2n) is 3.73. The Hall–Kier alpha value is -1.91. The van der Waals surface area contributed by atoms with Crippen LogP contribution in [0.1, 0.15) is 18.4 Å². The summed E-state index contributed by atoms with van der Waals surface area (Å²) in [5, 5.41) is 4.24. The summed E-state index contributed by atoms with van der Waals surface area (Å²) < 4.78 is 1.73. The van der Waals surface area contributed by atoms with Crippen LogP contribution >= 0.6 is 0 Å². The first-order chi connectivity index (χ1) is 7.60. The molecule has 0 aliphatic carbocycles. The van der Waals surface area contributed by atoms with Crippen LogP contribution in [0.4, 0.5) is 0 Å². The number of rotatable bonds is 2. The fourth-order valence-corrected chi connectivity index (χ4v) is 1.66. The number of aromatic amines is 1. The molecule has 0 aliphatic heterocycles. The molecule has 5 heteroatoms. The Kier molecular flexibility index (Phi) is 2.60. The van der Waals surface area contributed by atoms with Gasteiger partial charge in [0.1, 0.15) is 5.82 Å². The van der Waals surface area contributed by atoms with E-state index < -0.39 is 0 Å². The largest absolute Gasteiger partial charge is 0.311 e. The third-order valence-electron chi connectivity index (χ3n) is 2.39. The van der Waals surface area contributed by atoms with Gasteiger partial charge in [0, 0.05) is 19.5 Å². The van der Waals surface area contributed by atoms with Crippen molar-refractivity contribution in [2.75, 3.05) is 0 Å². The van der Waals surface area contributed by atoms with E-state index in [4.69, 9.17) is 0 Å². The van der Waals surface area contributed by atoms with Gasteiger partial charge in [-0.05, 0) is 13.0 Å². The molecule has 2 aromatic rings. The second kappa shape index (κ2) is 3.92. The van der Waals surface area contributed by atoms with E-state index in [1.807, 2.05) is 27.0 Å². The number of aryl methyl sites for hydroxylation is 3. The molecule has 16 heavy (non-hydrogen) atoms. The Morgan fingerprint density at radius 2 is 2.19 bits per heavy atom. The minimum absolute atomic E-state index is 0.124. The van der Waals surface area contributed by atoms with Gasteiger partial charge in [-0.1, -0.05) is 6.92 Å². The van der Waals surface area contributed by atoms with Crippen LogP contribution in [-0.2, 0) is 13.5 Å². The number of hydrogen-bond acceptors (Lipinski definition) is 3. The molecule has 2 rings (SSSR count). The minimum atomic E-state index is -0.124. The molecule has 2 aromatic heterocycles. The highest BCUT2D eigenvalue weighted by molar-refractivity contribution is 5.54. The molecule has 5 nitrogen and oxygen atoms in total. The minimum Gasteiger partial charge on any atom is -0.311 e. The summed E-state index contributed by atoms with van der Waals surface area (Å²) in [4.78, 5) is 18.5. The Labute approximate surface area is 93.2 Å². The van der Waals surface area contributed by atoms with Gasteiger partial charge in [-0.15, -0.1) is 0 Å². The lowest BCUT2D eigenvalue weighted by atomic mass is 10.2. The predicted octanol–water partition coefficient (Wildman–Crippen LogP) is 1.04. The average molecular weight is 218 g/mol. The third-order valence-corrected chi connectivity index (χ3v) is 2.39. The van der Waals surface area contributed by atoms with Gasteiger partial charge >= 0.3 is 0 Å². The maximum Gasteiger partial charge on any atom is 0.251 e. The molecular formula is C11H14N4O. The van der Waals surface area contributed by atoms with Crippen molar-refractivity contribution < 1.29 is 0 Å². The van der Waals surface area contributed by atoms with Crippen LogP contribution in [0.15, 0.2) is 16.9 Å². The van der Waals surface area contributed by atoms with E-state index in [0.717, 1.165) is 11.4 Å². The van der Waals surface area contributed by atoms with Gasteiger partial charge in [0.15, 0.2) is 0 Å². The molecule has 0 radical (unpaired) electrons. The van der Waals surface area contributed by atoms with Crippen molar-refractivity contribution in [3.8, 4) is 11.4 Å². The SMILES string of the molecule is CCc1nc(-c2cc(C)nn2C)cc(=O)[nH]1. The van der Waals surface area contributed by atoms with Crippen molar-refractivity contribution in [1.29, 1.82) is 0 Å². The zero-order valence-corrected chi connectivity index (χ0v) is 9.61. The normalized spacial score (nSPS) is 10.7. The van der Waals surface area contributed by atoms with E-state index >= 15 is 0 Å². The molecule has 1 N–H and O–H groups in total. The van der Waals surface area contributed by atoms with Gasteiger partial charge in [0.2, 0.25) is 0 Å². The highest BCUT2D eigenvalue weighted by Crippen LogP contribution is 2.15. The maximum atomic E-state index is 11.4. The fraction of sp³-hybridized carbons (Fsp3) is 0.364. The summed E-state index contributed by atoms with van der Waals surface area (Å²) in [5.74, 6) is 0.696. The molecule has 0 aliphatic rings. The summed E-state index contributed by atoms with van der Waals surface area (Å²) in [6.45, 7) is 3.87. The summed E-state index contributed by atoms with van der Waals surface area (Å²) >= 11 is 0. The molecule has 0 fully saturated rings. The summed E-state index contributed by atoms with van der Waals surface area (Å²) in [7, 11) is 1.84. The summed E-state index contributed by atoms with van der Waals surface area (Å²) in [6.07, 6.45) is 0.708. The monoisotopic (exact) mass is 218 g/mol. The first-order valence-electron chi connectivity index (χ1n) is 5.21. The lowest BCUT2D eigenvalue weighted by Crippen LogP contribution is -2.11. The zero-order chi connectivity index (χ0) is 11.7. The number of hydrogen-bond donors (Lipinski definition) is 1. The van der Waals surface area contributed by atoms with Crippen molar-refractivity contribution in [2.45, 2.75) is 20.3 Å². The van der Waals surface area contributed by atoms with Gasteiger partial charge in [-0.2, -0.15) is 5.10 Å². The average Bonchev–Trinajstić information content (AvgIpc) is 2.57. The Balaban J connectivity index is 2.59. The van der Waals surface area contributed by atoms with E-state index in [1.165, 1.54) is 6.07 Å². The third kappa shape index (κ3) is 1.88. The first-order valence-corrected chi connectivity index (χ1v) is 5.21. The molecule has 0 aromatic carbocycles. The van der Waals surface area contributed by atoms with E-state index in [0.29, 0.717) is 17.9 Å². The predicted molar refractivity (Wildman–Crippen MR) is 61.2 cm³/mol. The molecule has 0 unspecified atom stereocenters. The van der Waals surface area contributed by atoms with Gasteiger partial charge in [0.25, 0.3) is 5.56 Å². The smallest absolute Gasteiger partial charge is 0.251 e.